The van der Waals surface area contributed by atoms with Crippen LogP contribution in [0, 0.1) is 27.8 Å². The summed E-state index contributed by atoms with van der Waals surface area (Å²) in [6.07, 6.45) is 6.45. The first-order chi connectivity index (χ1) is 15.1. The number of aromatic nitrogens is 2. The number of hydrogen-bond acceptors (Lipinski definition) is 10. The molecule has 0 saturated heterocycles. The number of nitrogens with zero attached hydrogens (tertiary/aromatic N) is 4. The van der Waals surface area contributed by atoms with Crippen LogP contribution in [0.25, 0.3) is 0 Å². The molecule has 154 valence electrons. The Labute approximate surface area is 201 Å². The van der Waals surface area contributed by atoms with E-state index >= 15 is 0 Å². The topological polar surface area (TPSA) is 131 Å². The van der Waals surface area contributed by atoms with Gasteiger partial charge in [-0.05, 0) is 11.1 Å². The summed E-state index contributed by atoms with van der Waals surface area (Å²) >= 11 is 0.369. The second-order valence-corrected chi connectivity index (χ2v) is 7.74. The molecule has 11 heteroatoms. The minimum atomic E-state index is -2.51. The summed E-state index contributed by atoms with van der Waals surface area (Å²) in [7, 11) is 0. The Morgan fingerprint density at radius 2 is 1.13 bits per heavy atom. The average Bonchev–Trinajstić information content (AvgIpc) is 3.48. The quantitative estimate of drug-likeness (QED) is 0.303. The summed E-state index contributed by atoms with van der Waals surface area (Å²) in [5.74, 6) is -0.0411. The van der Waals surface area contributed by atoms with Gasteiger partial charge < -0.3 is 10.2 Å². The zero-order valence-electron chi connectivity index (χ0n) is 15.8. The SMILES string of the molecule is [O-]c1ccccc1C=Nc1nccs1.[O-]c1ccccc1C=Nc1nccs1.[O]=[U+2]=[O]. The molecule has 0 N–H and O–H groups in total. The molecule has 0 aliphatic rings. The van der Waals surface area contributed by atoms with E-state index in [2.05, 4.69) is 20.0 Å². The summed E-state index contributed by atoms with van der Waals surface area (Å²) in [5, 5.41) is 27.5. The van der Waals surface area contributed by atoms with Crippen LogP contribution in [0.3, 0.4) is 0 Å². The predicted octanol–water partition coefficient (Wildman–Crippen LogP) is 3.70. The molecule has 0 aliphatic heterocycles. The first kappa shape index (κ1) is 24.6. The molecular formula is C20H14N4O4S2U. The van der Waals surface area contributed by atoms with Crippen LogP contribution in [0.4, 0.5) is 10.3 Å². The summed E-state index contributed by atoms with van der Waals surface area (Å²) in [6, 6.07) is 13.5. The molecule has 0 spiro atoms. The fraction of sp³-hybridized carbons (Fsp3) is 0. The van der Waals surface area contributed by atoms with E-state index in [1.165, 1.54) is 34.8 Å². The van der Waals surface area contributed by atoms with Crippen molar-refractivity contribution in [2.45, 2.75) is 0 Å². The van der Waals surface area contributed by atoms with Gasteiger partial charge >= 0.3 is 32.3 Å². The molecule has 31 heavy (non-hydrogen) atoms. The predicted molar refractivity (Wildman–Crippen MR) is 112 cm³/mol. The molecule has 2 aromatic heterocycles. The zero-order chi connectivity index (χ0) is 22.3. The van der Waals surface area contributed by atoms with Crippen molar-refractivity contribution in [3.63, 3.8) is 0 Å². The Morgan fingerprint density at radius 1 is 0.742 bits per heavy atom. The Bertz CT molecular complexity index is 1060. The van der Waals surface area contributed by atoms with Gasteiger partial charge in [-0.1, -0.05) is 48.5 Å². The second kappa shape index (κ2) is 14.3. The molecule has 0 saturated carbocycles. The van der Waals surface area contributed by atoms with Gasteiger partial charge in [-0.3, -0.25) is 0 Å². The van der Waals surface area contributed by atoms with Crippen LogP contribution < -0.4 is 10.2 Å². The van der Waals surface area contributed by atoms with Gasteiger partial charge in [0.25, 0.3) is 0 Å². The normalized spacial score (nSPS) is 10.1. The molecule has 4 aromatic rings. The van der Waals surface area contributed by atoms with Crippen LogP contribution in [0.2, 0.25) is 0 Å². The Balaban J connectivity index is 0.000000196. The summed E-state index contributed by atoms with van der Waals surface area (Å²) in [6.45, 7) is 0. The van der Waals surface area contributed by atoms with Crippen LogP contribution in [0.5, 0.6) is 11.5 Å². The molecule has 0 bridgehead atoms. The first-order valence-electron chi connectivity index (χ1n) is 8.52. The van der Waals surface area contributed by atoms with Gasteiger partial charge in [0.2, 0.25) is 10.3 Å². The third kappa shape index (κ3) is 9.32. The van der Waals surface area contributed by atoms with Gasteiger partial charge in [0.1, 0.15) is 0 Å². The monoisotopic (exact) mass is 676 g/mol. The van der Waals surface area contributed by atoms with Crippen molar-refractivity contribution in [1.82, 2.24) is 9.97 Å². The number of aliphatic imine (C=N–C) groups is 2. The maximum atomic E-state index is 11.3. The van der Waals surface area contributed by atoms with Gasteiger partial charge in [-0.25, -0.2) is 20.0 Å². The molecule has 4 rings (SSSR count). The Kier molecular flexibility index (Phi) is 11.3. The molecule has 2 aromatic carbocycles. The van der Waals surface area contributed by atoms with E-state index in [9.17, 15) is 10.2 Å². The Morgan fingerprint density at radius 3 is 1.45 bits per heavy atom. The van der Waals surface area contributed by atoms with Gasteiger partial charge in [0, 0.05) is 35.6 Å². The van der Waals surface area contributed by atoms with Crippen molar-refractivity contribution >= 4 is 45.4 Å². The average molecular weight is 677 g/mol. The van der Waals surface area contributed by atoms with Crippen LogP contribution in [-0.2, 0) is 4.47 Å². The molecule has 0 amide bonds. The molecule has 0 unspecified atom stereocenters. The summed E-state index contributed by atoms with van der Waals surface area (Å²) in [4.78, 5) is 16.1. The van der Waals surface area contributed by atoms with Crippen molar-refractivity contribution in [3.8, 4) is 11.5 Å². The molecule has 0 atom stereocenters. The van der Waals surface area contributed by atoms with Gasteiger partial charge in [-0.15, -0.1) is 34.2 Å². The van der Waals surface area contributed by atoms with Crippen molar-refractivity contribution in [3.05, 3.63) is 82.8 Å². The van der Waals surface area contributed by atoms with E-state index in [0.717, 1.165) is 0 Å². The number of benzene rings is 2. The molecule has 0 fully saturated rings. The standard InChI is InChI=1S/2C10H8N2OS.2O.U/c2*13-9-4-2-1-3-8(9)7-12-10-11-5-6-14-10;;;/h2*1-7,13H;;;/q;;;;+2/p-2. The van der Waals surface area contributed by atoms with Gasteiger partial charge in [0.05, 0.1) is 0 Å². The van der Waals surface area contributed by atoms with Crippen LogP contribution >= 0.6 is 22.7 Å². The van der Waals surface area contributed by atoms with Crippen molar-refractivity contribution < 1.29 is 42.5 Å². The molecule has 8 nitrogen and oxygen atoms in total. The number of thiazole rings is 2. The van der Waals surface area contributed by atoms with E-state index in [0.29, 0.717) is 21.4 Å². The third-order valence-corrected chi connectivity index (χ3v) is 4.66. The van der Waals surface area contributed by atoms with Crippen molar-refractivity contribution in [2.24, 2.45) is 9.98 Å². The van der Waals surface area contributed by atoms with E-state index in [4.69, 9.17) is 4.47 Å². The van der Waals surface area contributed by atoms with E-state index in [1.807, 2.05) is 22.9 Å². The molecule has 0 radical (unpaired) electrons. The van der Waals surface area contributed by atoms with Crippen molar-refractivity contribution in [1.29, 1.82) is 0 Å². The Hall–Kier alpha value is -2.71. The third-order valence-electron chi connectivity index (χ3n) is 3.30. The van der Waals surface area contributed by atoms with Gasteiger partial charge in [0.15, 0.2) is 0 Å². The fourth-order valence-electron chi connectivity index (χ4n) is 1.98. The number of hydrogen-bond donors (Lipinski definition) is 0. The number of para-hydroxylation sites is 2. The fourth-order valence-corrected chi connectivity index (χ4v) is 2.94. The number of rotatable bonds is 4. The second-order valence-electron chi connectivity index (χ2n) is 5.30. The van der Waals surface area contributed by atoms with E-state index < -0.39 is 27.8 Å². The molecule has 0 aliphatic carbocycles. The minimum absolute atomic E-state index is 0.0205. The molecular weight excluding hydrogens is 662 g/mol. The van der Waals surface area contributed by atoms with Crippen LogP contribution in [-0.4, -0.2) is 22.4 Å². The first-order valence-corrected chi connectivity index (χ1v) is 13.7. The summed E-state index contributed by atoms with van der Waals surface area (Å²) < 4.78 is 17.2. The van der Waals surface area contributed by atoms with Crippen LogP contribution in [0.1, 0.15) is 11.1 Å². The summed E-state index contributed by atoms with van der Waals surface area (Å²) in [5.41, 5.74) is 1.17. The van der Waals surface area contributed by atoms with Gasteiger partial charge in [-0.2, -0.15) is 0 Å². The molecule has 2 heterocycles. The van der Waals surface area contributed by atoms with Crippen molar-refractivity contribution in [2.75, 3.05) is 0 Å². The van der Waals surface area contributed by atoms with E-state index in [-0.39, 0.29) is 11.5 Å². The van der Waals surface area contributed by atoms with E-state index in [1.54, 1.807) is 49.1 Å². The maximum absolute atomic E-state index is 11.3. The van der Waals surface area contributed by atoms with Crippen LogP contribution in [0.15, 0.2) is 81.7 Å². The zero-order valence-corrected chi connectivity index (χ0v) is 21.6.